The first-order chi connectivity index (χ1) is 21.5. The maximum atomic E-state index is 13.5. The van der Waals surface area contributed by atoms with Crippen LogP contribution in [0.4, 0.5) is 11.4 Å². The lowest BCUT2D eigenvalue weighted by Crippen LogP contribution is -2.43. The van der Waals surface area contributed by atoms with Gasteiger partial charge in [0.05, 0.1) is 17.3 Å². The van der Waals surface area contributed by atoms with Crippen LogP contribution in [0, 0.1) is 0 Å². The van der Waals surface area contributed by atoms with Gasteiger partial charge in [0.1, 0.15) is 0 Å². The zero-order valence-corrected chi connectivity index (χ0v) is 25.3. The SMILES string of the molecule is CC[C@@H](NC(=O)c1ccc2c(c1)C(=C(Nc1ccc(CN3CCN(C)CC3)cc1)c1ccccc1)C(=O)N2)c1ccccc1. The van der Waals surface area contributed by atoms with Crippen molar-refractivity contribution < 1.29 is 9.59 Å². The number of rotatable bonds is 9. The van der Waals surface area contributed by atoms with Gasteiger partial charge in [-0.25, -0.2) is 0 Å². The molecule has 2 amide bonds. The van der Waals surface area contributed by atoms with Crippen LogP contribution in [0.1, 0.15) is 52.0 Å². The summed E-state index contributed by atoms with van der Waals surface area (Å²) in [6.07, 6.45) is 0.766. The number of fused-ring (bicyclic) bond motifs is 1. The van der Waals surface area contributed by atoms with Crippen LogP contribution in [0.2, 0.25) is 0 Å². The number of nitrogens with zero attached hydrogens (tertiary/aromatic N) is 2. The molecule has 4 aromatic carbocycles. The number of carbonyl (C=O) groups excluding carboxylic acids is 2. The Hall–Kier alpha value is -4.72. The highest BCUT2D eigenvalue weighted by atomic mass is 16.2. The van der Waals surface area contributed by atoms with Crippen molar-refractivity contribution in [1.29, 1.82) is 0 Å². The first kappa shape index (κ1) is 29.4. The second-order valence-electron chi connectivity index (χ2n) is 11.6. The highest BCUT2D eigenvalue weighted by molar-refractivity contribution is 6.37. The molecule has 1 fully saturated rings. The number of amides is 2. The zero-order chi connectivity index (χ0) is 30.5. The maximum absolute atomic E-state index is 13.5. The summed E-state index contributed by atoms with van der Waals surface area (Å²) in [7, 11) is 2.17. The molecule has 0 radical (unpaired) electrons. The summed E-state index contributed by atoms with van der Waals surface area (Å²) in [4.78, 5) is 31.8. The summed E-state index contributed by atoms with van der Waals surface area (Å²) < 4.78 is 0. The van der Waals surface area contributed by atoms with E-state index in [1.807, 2.05) is 72.8 Å². The molecule has 0 aliphatic carbocycles. The van der Waals surface area contributed by atoms with Gasteiger partial charge in [0.2, 0.25) is 0 Å². The average Bonchev–Trinajstić information content (AvgIpc) is 3.39. The molecule has 7 nitrogen and oxygen atoms in total. The third-order valence-electron chi connectivity index (χ3n) is 8.48. The molecule has 2 aliphatic heterocycles. The largest absolute Gasteiger partial charge is 0.354 e. The van der Waals surface area contributed by atoms with Crippen molar-refractivity contribution in [3.05, 3.63) is 131 Å². The van der Waals surface area contributed by atoms with Crippen LogP contribution in [-0.2, 0) is 11.3 Å². The van der Waals surface area contributed by atoms with Crippen molar-refractivity contribution in [2.24, 2.45) is 0 Å². The first-order valence-corrected chi connectivity index (χ1v) is 15.4. The van der Waals surface area contributed by atoms with Crippen LogP contribution < -0.4 is 16.0 Å². The van der Waals surface area contributed by atoms with E-state index < -0.39 is 0 Å². The molecule has 0 unspecified atom stereocenters. The molecule has 3 N–H and O–H groups in total. The zero-order valence-electron chi connectivity index (χ0n) is 25.3. The predicted molar refractivity (Wildman–Crippen MR) is 178 cm³/mol. The van der Waals surface area contributed by atoms with E-state index in [2.05, 4.69) is 64.0 Å². The molecule has 6 rings (SSSR count). The van der Waals surface area contributed by atoms with Crippen LogP contribution in [0.5, 0.6) is 0 Å². The minimum absolute atomic E-state index is 0.104. The van der Waals surface area contributed by atoms with Crippen LogP contribution >= 0.6 is 0 Å². The molecule has 44 heavy (non-hydrogen) atoms. The monoisotopic (exact) mass is 585 g/mol. The van der Waals surface area contributed by atoms with E-state index >= 15 is 0 Å². The molecule has 0 spiro atoms. The molecule has 224 valence electrons. The highest BCUT2D eigenvalue weighted by Crippen LogP contribution is 2.38. The van der Waals surface area contributed by atoms with E-state index in [-0.39, 0.29) is 17.9 Å². The van der Waals surface area contributed by atoms with Gasteiger partial charge in [0.15, 0.2) is 0 Å². The lowest BCUT2D eigenvalue weighted by atomic mass is 9.97. The molecular formula is C37H39N5O2. The summed E-state index contributed by atoms with van der Waals surface area (Å²) in [5, 5.41) is 9.73. The number of nitrogens with one attached hydrogen (secondary N) is 3. The Morgan fingerprint density at radius 2 is 1.52 bits per heavy atom. The summed E-state index contributed by atoms with van der Waals surface area (Å²) in [5.41, 5.74) is 7.20. The molecule has 1 saturated heterocycles. The Kier molecular flexibility index (Phi) is 8.86. The van der Waals surface area contributed by atoms with Gasteiger partial charge in [0, 0.05) is 55.2 Å². The van der Waals surface area contributed by atoms with Crippen molar-refractivity contribution in [3.63, 3.8) is 0 Å². The summed E-state index contributed by atoms with van der Waals surface area (Å²) in [5.74, 6) is -0.376. The standard InChI is InChI=1S/C37H39N5O2/c1-3-32(27-10-6-4-7-11-27)39-36(43)29-16-19-33-31(24-29)34(37(44)40-33)35(28-12-8-5-9-13-28)38-30-17-14-26(15-18-30)25-42-22-20-41(2)21-23-42/h4-19,24,32,38H,3,20-23,25H2,1-2H3,(H,39,43)(H,40,44)/t32-/m1/s1. The molecule has 4 aromatic rings. The highest BCUT2D eigenvalue weighted by Gasteiger charge is 2.30. The van der Waals surface area contributed by atoms with E-state index in [0.29, 0.717) is 28.1 Å². The minimum atomic E-state index is -0.202. The smallest absolute Gasteiger partial charge is 0.258 e. The Morgan fingerprint density at radius 3 is 2.20 bits per heavy atom. The van der Waals surface area contributed by atoms with E-state index in [1.165, 1.54) is 5.56 Å². The number of benzene rings is 4. The number of likely N-dealkylation sites (N-methyl/N-ethyl adjacent to an activating group) is 1. The van der Waals surface area contributed by atoms with Crippen molar-refractivity contribution in [3.8, 4) is 0 Å². The third kappa shape index (κ3) is 6.59. The van der Waals surface area contributed by atoms with E-state index in [1.54, 1.807) is 6.07 Å². The second kappa shape index (κ2) is 13.3. The fourth-order valence-electron chi connectivity index (χ4n) is 5.89. The number of anilines is 2. The maximum Gasteiger partial charge on any atom is 0.258 e. The van der Waals surface area contributed by atoms with Crippen molar-refractivity contribution in [2.75, 3.05) is 43.9 Å². The fourth-order valence-corrected chi connectivity index (χ4v) is 5.89. The van der Waals surface area contributed by atoms with Gasteiger partial charge in [0.25, 0.3) is 11.8 Å². The van der Waals surface area contributed by atoms with Gasteiger partial charge in [-0.2, -0.15) is 0 Å². The molecule has 2 heterocycles. The molecule has 0 aromatic heterocycles. The molecule has 2 aliphatic rings. The minimum Gasteiger partial charge on any atom is -0.354 e. The van der Waals surface area contributed by atoms with Gasteiger partial charge in [-0.3, -0.25) is 14.5 Å². The van der Waals surface area contributed by atoms with E-state index in [4.69, 9.17) is 0 Å². The van der Waals surface area contributed by atoms with Gasteiger partial charge >= 0.3 is 0 Å². The first-order valence-electron chi connectivity index (χ1n) is 15.4. The lowest BCUT2D eigenvalue weighted by molar-refractivity contribution is -0.110. The normalized spacial score (nSPS) is 17.0. The van der Waals surface area contributed by atoms with Crippen molar-refractivity contribution >= 4 is 34.5 Å². The molecule has 0 bridgehead atoms. The Morgan fingerprint density at radius 1 is 0.841 bits per heavy atom. The number of carbonyl (C=O) groups is 2. The Bertz CT molecular complexity index is 1640. The molecule has 0 saturated carbocycles. The van der Waals surface area contributed by atoms with Gasteiger partial charge in [-0.1, -0.05) is 79.7 Å². The van der Waals surface area contributed by atoms with E-state index in [9.17, 15) is 9.59 Å². The molecular weight excluding hydrogens is 546 g/mol. The van der Waals surface area contributed by atoms with Gasteiger partial charge in [-0.05, 0) is 60.5 Å². The number of hydrogen-bond acceptors (Lipinski definition) is 5. The van der Waals surface area contributed by atoms with Gasteiger partial charge < -0.3 is 20.9 Å². The van der Waals surface area contributed by atoms with Crippen LogP contribution in [0.3, 0.4) is 0 Å². The third-order valence-corrected chi connectivity index (χ3v) is 8.48. The van der Waals surface area contributed by atoms with Crippen molar-refractivity contribution in [1.82, 2.24) is 15.1 Å². The lowest BCUT2D eigenvalue weighted by Gasteiger charge is -2.32. The van der Waals surface area contributed by atoms with Gasteiger partial charge in [-0.15, -0.1) is 0 Å². The summed E-state index contributed by atoms with van der Waals surface area (Å²) >= 11 is 0. The van der Waals surface area contributed by atoms with Crippen LogP contribution in [0.25, 0.3) is 11.3 Å². The molecule has 7 heteroatoms. The van der Waals surface area contributed by atoms with Crippen molar-refractivity contribution in [2.45, 2.75) is 25.9 Å². The second-order valence-corrected chi connectivity index (χ2v) is 11.6. The van der Waals surface area contributed by atoms with Crippen LogP contribution in [0.15, 0.2) is 103 Å². The average molecular weight is 586 g/mol. The number of hydrogen-bond donors (Lipinski definition) is 3. The van der Waals surface area contributed by atoms with E-state index in [0.717, 1.165) is 56.0 Å². The topological polar surface area (TPSA) is 76.7 Å². The fraction of sp³-hybridized carbons (Fsp3) is 0.243. The molecule has 1 atom stereocenters. The number of piperazine rings is 1. The summed E-state index contributed by atoms with van der Waals surface area (Å²) in [6, 6.07) is 33.6. The Labute approximate surface area is 259 Å². The summed E-state index contributed by atoms with van der Waals surface area (Å²) in [6.45, 7) is 7.30. The van der Waals surface area contributed by atoms with Crippen LogP contribution in [-0.4, -0.2) is 54.8 Å². The quantitative estimate of drug-likeness (QED) is 0.203. The Balaban J connectivity index is 1.29. The predicted octanol–water partition coefficient (Wildman–Crippen LogP) is 6.25.